The van der Waals surface area contributed by atoms with Gasteiger partial charge >= 0.3 is 0 Å². The Balaban J connectivity index is 2.19. The van der Waals surface area contributed by atoms with Crippen molar-refractivity contribution in [3.63, 3.8) is 0 Å². The molecule has 0 radical (unpaired) electrons. The maximum atomic E-state index is 6.23. The second-order valence-electron chi connectivity index (χ2n) is 3.71. The second-order valence-corrected chi connectivity index (χ2v) is 7.22. The van der Waals surface area contributed by atoms with Crippen molar-refractivity contribution < 1.29 is 0 Å². The normalized spacial score (nSPS) is 12.7. The second kappa shape index (κ2) is 6.02. The van der Waals surface area contributed by atoms with E-state index >= 15 is 0 Å². The molecule has 2 aromatic rings. The first-order chi connectivity index (χ1) is 8.06. The highest BCUT2D eigenvalue weighted by Crippen LogP contribution is 2.28. The van der Waals surface area contributed by atoms with Gasteiger partial charge in [-0.1, -0.05) is 11.6 Å². The Bertz CT molecular complexity index is 529. The maximum absolute atomic E-state index is 6.23. The predicted octanol–water partition coefficient (Wildman–Crippen LogP) is 5.01. The monoisotopic (exact) mass is 441 g/mol. The van der Waals surface area contributed by atoms with Gasteiger partial charge in [-0.25, -0.2) is 0 Å². The van der Waals surface area contributed by atoms with Gasteiger partial charge in [0.25, 0.3) is 0 Å². The van der Waals surface area contributed by atoms with Crippen LogP contribution < -0.4 is 5.73 Å². The molecular weight excluding hydrogens is 432 g/mol. The van der Waals surface area contributed by atoms with E-state index < -0.39 is 0 Å². The van der Waals surface area contributed by atoms with Crippen molar-refractivity contribution in [2.24, 2.45) is 5.73 Å². The molecule has 1 nitrogen and oxygen atoms in total. The van der Waals surface area contributed by atoms with Gasteiger partial charge in [0.15, 0.2) is 0 Å². The van der Waals surface area contributed by atoms with Gasteiger partial charge < -0.3 is 5.73 Å². The molecule has 5 heteroatoms. The third-order valence-electron chi connectivity index (χ3n) is 2.40. The molecule has 1 atom stereocenters. The van der Waals surface area contributed by atoms with Gasteiger partial charge in [-0.3, -0.25) is 0 Å². The summed E-state index contributed by atoms with van der Waals surface area (Å²) in [6, 6.07) is 7.95. The van der Waals surface area contributed by atoms with Gasteiger partial charge in [-0.05, 0) is 68.3 Å². The van der Waals surface area contributed by atoms with Crippen molar-refractivity contribution in [3.8, 4) is 0 Å². The lowest BCUT2D eigenvalue weighted by molar-refractivity contribution is 0.726. The van der Waals surface area contributed by atoms with E-state index in [1.807, 2.05) is 18.2 Å². The SMILES string of the molecule is NC(Cc1cc(Br)cs1)c1cc(Cl)ccc1I. The molecule has 2 rings (SSSR count). The summed E-state index contributed by atoms with van der Waals surface area (Å²) in [6.07, 6.45) is 0.840. The third kappa shape index (κ3) is 3.67. The fourth-order valence-corrected chi connectivity index (χ4v) is 4.01. The molecule has 0 spiro atoms. The molecule has 2 N–H and O–H groups in total. The number of nitrogens with two attached hydrogens (primary N) is 1. The summed E-state index contributed by atoms with van der Waals surface area (Å²) in [5.74, 6) is 0. The Morgan fingerprint density at radius 1 is 1.41 bits per heavy atom. The van der Waals surface area contributed by atoms with E-state index in [-0.39, 0.29) is 6.04 Å². The minimum Gasteiger partial charge on any atom is -0.324 e. The molecule has 1 unspecified atom stereocenters. The van der Waals surface area contributed by atoms with Gasteiger partial charge in [0.05, 0.1) is 0 Å². The van der Waals surface area contributed by atoms with E-state index in [1.54, 1.807) is 11.3 Å². The fraction of sp³-hybridized carbons (Fsp3) is 0.167. The van der Waals surface area contributed by atoms with Crippen LogP contribution in [0.1, 0.15) is 16.5 Å². The smallest absolute Gasteiger partial charge is 0.0410 e. The number of thiophene rings is 1. The summed E-state index contributed by atoms with van der Waals surface area (Å²) in [6.45, 7) is 0. The van der Waals surface area contributed by atoms with Crippen molar-refractivity contribution in [2.45, 2.75) is 12.5 Å². The minimum absolute atomic E-state index is 0.00819. The highest BCUT2D eigenvalue weighted by Gasteiger charge is 2.12. The van der Waals surface area contributed by atoms with Crippen LogP contribution in [0.4, 0.5) is 0 Å². The average molecular weight is 443 g/mol. The molecule has 0 bridgehead atoms. The van der Waals surface area contributed by atoms with Gasteiger partial charge in [-0.15, -0.1) is 11.3 Å². The van der Waals surface area contributed by atoms with Crippen molar-refractivity contribution >= 4 is 61.5 Å². The van der Waals surface area contributed by atoms with Crippen molar-refractivity contribution in [1.82, 2.24) is 0 Å². The largest absolute Gasteiger partial charge is 0.324 e. The Hall–Kier alpha value is 0.380. The van der Waals surface area contributed by atoms with E-state index in [4.69, 9.17) is 17.3 Å². The number of hydrogen-bond donors (Lipinski definition) is 1. The van der Waals surface area contributed by atoms with Gasteiger partial charge in [0.1, 0.15) is 0 Å². The van der Waals surface area contributed by atoms with Gasteiger partial charge in [0.2, 0.25) is 0 Å². The molecule has 0 amide bonds. The topological polar surface area (TPSA) is 26.0 Å². The summed E-state index contributed by atoms with van der Waals surface area (Å²) in [5.41, 5.74) is 7.35. The van der Waals surface area contributed by atoms with E-state index in [9.17, 15) is 0 Å². The zero-order chi connectivity index (χ0) is 12.4. The molecule has 17 heavy (non-hydrogen) atoms. The van der Waals surface area contributed by atoms with E-state index in [2.05, 4.69) is 50.0 Å². The van der Waals surface area contributed by atoms with Crippen LogP contribution in [0.2, 0.25) is 5.02 Å². The molecule has 1 aromatic heterocycles. The first-order valence-electron chi connectivity index (χ1n) is 4.99. The molecule has 0 fully saturated rings. The zero-order valence-electron chi connectivity index (χ0n) is 8.79. The Morgan fingerprint density at radius 3 is 2.82 bits per heavy atom. The maximum Gasteiger partial charge on any atom is 0.0410 e. The van der Waals surface area contributed by atoms with Crippen molar-refractivity contribution in [1.29, 1.82) is 0 Å². The number of hydrogen-bond acceptors (Lipinski definition) is 2. The van der Waals surface area contributed by atoms with Crippen LogP contribution in [0, 0.1) is 3.57 Å². The predicted molar refractivity (Wildman–Crippen MR) is 86.8 cm³/mol. The standard InChI is InChI=1S/C12H10BrClINS/c13-7-3-9(17-6-7)5-12(16)10-4-8(14)1-2-11(10)15/h1-4,6,12H,5,16H2. The number of halogens is 3. The van der Waals surface area contributed by atoms with Crippen LogP contribution in [0.15, 0.2) is 34.1 Å². The summed E-state index contributed by atoms with van der Waals surface area (Å²) < 4.78 is 2.28. The average Bonchev–Trinajstić information content (AvgIpc) is 2.67. The van der Waals surface area contributed by atoms with Crippen molar-refractivity contribution in [2.75, 3.05) is 0 Å². The Morgan fingerprint density at radius 2 is 2.18 bits per heavy atom. The fourth-order valence-electron chi connectivity index (χ4n) is 1.59. The zero-order valence-corrected chi connectivity index (χ0v) is 14.1. The van der Waals surface area contributed by atoms with Crippen LogP contribution >= 0.6 is 61.5 Å². The van der Waals surface area contributed by atoms with E-state index in [0.717, 1.165) is 25.0 Å². The van der Waals surface area contributed by atoms with Crippen LogP contribution in [0.5, 0.6) is 0 Å². The Labute approximate surface area is 132 Å². The van der Waals surface area contributed by atoms with E-state index in [0.29, 0.717) is 0 Å². The summed E-state index contributed by atoms with van der Waals surface area (Å²) in [7, 11) is 0. The number of rotatable bonds is 3. The first kappa shape index (κ1) is 13.8. The molecular formula is C12H10BrClINS. The molecule has 0 aliphatic heterocycles. The highest BCUT2D eigenvalue weighted by molar-refractivity contribution is 14.1. The quantitative estimate of drug-likeness (QED) is 0.665. The Kier molecular flexibility index (Phi) is 4.88. The molecule has 0 aliphatic rings. The minimum atomic E-state index is -0.00819. The lowest BCUT2D eigenvalue weighted by Crippen LogP contribution is -2.14. The summed E-state index contributed by atoms with van der Waals surface area (Å²) in [4.78, 5) is 1.28. The van der Waals surface area contributed by atoms with Gasteiger partial charge in [0, 0.05) is 35.8 Å². The third-order valence-corrected chi connectivity index (χ3v) is 5.34. The molecule has 90 valence electrons. The lowest BCUT2D eigenvalue weighted by Gasteiger charge is -2.13. The molecule has 0 saturated heterocycles. The van der Waals surface area contributed by atoms with Crippen LogP contribution in [-0.2, 0) is 6.42 Å². The van der Waals surface area contributed by atoms with Gasteiger partial charge in [-0.2, -0.15) is 0 Å². The van der Waals surface area contributed by atoms with Crippen LogP contribution in [-0.4, -0.2) is 0 Å². The number of benzene rings is 1. The van der Waals surface area contributed by atoms with E-state index in [1.165, 1.54) is 4.88 Å². The molecule has 0 saturated carbocycles. The summed E-state index contributed by atoms with van der Waals surface area (Å²) in [5, 5.41) is 2.81. The molecule has 1 heterocycles. The molecule has 0 aliphatic carbocycles. The highest BCUT2D eigenvalue weighted by atomic mass is 127. The lowest BCUT2D eigenvalue weighted by atomic mass is 10.0. The van der Waals surface area contributed by atoms with Crippen LogP contribution in [0.25, 0.3) is 0 Å². The molecule has 1 aromatic carbocycles. The summed E-state index contributed by atoms with van der Waals surface area (Å²) >= 11 is 13.5. The first-order valence-corrected chi connectivity index (χ1v) is 8.12. The van der Waals surface area contributed by atoms with Crippen molar-refractivity contribution in [3.05, 3.63) is 53.2 Å². The van der Waals surface area contributed by atoms with Crippen LogP contribution in [0.3, 0.4) is 0 Å².